The van der Waals surface area contributed by atoms with Crippen molar-refractivity contribution in [3.8, 4) is 11.1 Å². The molecule has 0 spiro atoms. The first-order valence-electron chi connectivity index (χ1n) is 9.57. The molecule has 0 aromatic heterocycles. The van der Waals surface area contributed by atoms with Crippen molar-refractivity contribution >= 4 is 5.69 Å². The summed E-state index contributed by atoms with van der Waals surface area (Å²) in [6.45, 7) is 2.38. The van der Waals surface area contributed by atoms with Gasteiger partial charge in [-0.3, -0.25) is 0 Å². The molecule has 0 fully saturated rings. The van der Waals surface area contributed by atoms with Crippen LogP contribution in [0.3, 0.4) is 0 Å². The topological polar surface area (TPSA) is 3.24 Å². The number of fused-ring (bicyclic) bond motifs is 1. The van der Waals surface area contributed by atoms with Gasteiger partial charge in [-0.25, -0.2) is 0 Å². The molecule has 0 heterocycles. The summed E-state index contributed by atoms with van der Waals surface area (Å²) in [6, 6.07) is 27.0. The molecular formula is C25H27N. The summed E-state index contributed by atoms with van der Waals surface area (Å²) in [4.78, 5) is 2.14. The zero-order chi connectivity index (χ0) is 18.1. The first-order valence-corrected chi connectivity index (χ1v) is 9.57. The summed E-state index contributed by atoms with van der Waals surface area (Å²) >= 11 is 0. The van der Waals surface area contributed by atoms with Crippen LogP contribution >= 0.6 is 0 Å². The maximum Gasteiger partial charge on any atom is 0.0361 e. The Labute approximate surface area is 157 Å². The van der Waals surface area contributed by atoms with Crippen LogP contribution in [0.4, 0.5) is 5.69 Å². The molecule has 26 heavy (non-hydrogen) atoms. The van der Waals surface area contributed by atoms with Gasteiger partial charge >= 0.3 is 0 Å². The highest BCUT2D eigenvalue weighted by molar-refractivity contribution is 5.67. The van der Waals surface area contributed by atoms with E-state index < -0.39 is 0 Å². The van der Waals surface area contributed by atoms with Gasteiger partial charge in [0.2, 0.25) is 0 Å². The van der Waals surface area contributed by atoms with Crippen LogP contribution in [0.15, 0.2) is 72.8 Å². The molecular weight excluding hydrogens is 314 g/mol. The Bertz CT molecular complexity index is 892. The van der Waals surface area contributed by atoms with E-state index in [0.717, 1.165) is 5.92 Å². The molecule has 0 bridgehead atoms. The third kappa shape index (κ3) is 3.26. The molecule has 0 N–H and O–H groups in total. The third-order valence-corrected chi connectivity index (χ3v) is 5.64. The van der Waals surface area contributed by atoms with E-state index in [1.54, 1.807) is 0 Å². The zero-order valence-electron chi connectivity index (χ0n) is 15.9. The highest BCUT2D eigenvalue weighted by atomic mass is 15.1. The number of hydrogen-bond acceptors (Lipinski definition) is 1. The van der Waals surface area contributed by atoms with E-state index in [0.29, 0.717) is 5.92 Å². The molecule has 0 aliphatic heterocycles. The SMILES string of the molecule is C[C@@H]1Cc2ccccc2[C@H](c2cccc(-c3ccc(N(C)C)cc3)c2)C1. The van der Waals surface area contributed by atoms with Gasteiger partial charge < -0.3 is 4.90 Å². The molecule has 1 nitrogen and oxygen atoms in total. The minimum absolute atomic E-state index is 0.510. The molecule has 3 aromatic rings. The van der Waals surface area contributed by atoms with E-state index in [1.807, 2.05) is 0 Å². The first-order chi connectivity index (χ1) is 12.6. The molecule has 0 unspecified atom stereocenters. The van der Waals surface area contributed by atoms with Crippen molar-refractivity contribution in [2.24, 2.45) is 5.92 Å². The van der Waals surface area contributed by atoms with Crippen molar-refractivity contribution in [1.29, 1.82) is 0 Å². The van der Waals surface area contributed by atoms with Crippen LogP contribution in [0, 0.1) is 5.92 Å². The van der Waals surface area contributed by atoms with Crippen LogP contribution in [0.1, 0.15) is 36.0 Å². The lowest BCUT2D eigenvalue weighted by atomic mass is 9.74. The van der Waals surface area contributed by atoms with Crippen LogP contribution in [0.5, 0.6) is 0 Å². The largest absolute Gasteiger partial charge is 0.378 e. The smallest absolute Gasteiger partial charge is 0.0361 e. The second kappa shape index (κ2) is 6.99. The first kappa shape index (κ1) is 16.9. The Morgan fingerprint density at radius 3 is 2.35 bits per heavy atom. The average Bonchev–Trinajstić information content (AvgIpc) is 2.67. The quantitative estimate of drug-likeness (QED) is 0.553. The normalized spacial score (nSPS) is 19.0. The molecule has 1 aliphatic carbocycles. The fourth-order valence-corrected chi connectivity index (χ4v) is 4.25. The van der Waals surface area contributed by atoms with Gasteiger partial charge in [-0.2, -0.15) is 0 Å². The Hall–Kier alpha value is -2.54. The van der Waals surface area contributed by atoms with Gasteiger partial charge in [0.15, 0.2) is 0 Å². The highest BCUT2D eigenvalue weighted by Crippen LogP contribution is 2.40. The third-order valence-electron chi connectivity index (χ3n) is 5.64. The number of benzene rings is 3. The summed E-state index contributed by atoms with van der Waals surface area (Å²) < 4.78 is 0. The highest BCUT2D eigenvalue weighted by Gasteiger charge is 2.25. The fraction of sp³-hybridized carbons (Fsp3) is 0.280. The Morgan fingerprint density at radius 2 is 1.58 bits per heavy atom. The maximum absolute atomic E-state index is 2.39. The number of rotatable bonds is 3. The fourth-order valence-electron chi connectivity index (χ4n) is 4.25. The Kier molecular flexibility index (Phi) is 4.55. The van der Waals surface area contributed by atoms with Crippen molar-refractivity contribution in [3.63, 3.8) is 0 Å². The van der Waals surface area contributed by atoms with Gasteiger partial charge in [0.05, 0.1) is 0 Å². The van der Waals surface area contributed by atoms with E-state index in [2.05, 4.69) is 98.7 Å². The summed E-state index contributed by atoms with van der Waals surface area (Å²) in [5.41, 5.74) is 8.32. The molecule has 0 saturated carbocycles. The molecule has 1 heteroatoms. The van der Waals surface area contributed by atoms with E-state index in [4.69, 9.17) is 0 Å². The summed E-state index contributed by atoms with van der Waals surface area (Å²) in [7, 11) is 4.16. The van der Waals surface area contributed by atoms with E-state index in [-0.39, 0.29) is 0 Å². The lowest BCUT2D eigenvalue weighted by molar-refractivity contribution is 0.464. The second-order valence-corrected chi connectivity index (χ2v) is 7.86. The summed E-state index contributed by atoms with van der Waals surface area (Å²) in [6.07, 6.45) is 2.44. The van der Waals surface area contributed by atoms with Crippen LogP contribution in [-0.2, 0) is 6.42 Å². The molecule has 132 valence electrons. The molecule has 4 rings (SSSR count). The molecule has 2 atom stereocenters. The summed E-state index contributed by atoms with van der Waals surface area (Å²) in [5, 5.41) is 0. The van der Waals surface area contributed by atoms with Gasteiger partial charge in [0, 0.05) is 25.7 Å². The minimum Gasteiger partial charge on any atom is -0.378 e. The average molecular weight is 341 g/mol. The Balaban J connectivity index is 1.70. The van der Waals surface area contributed by atoms with E-state index >= 15 is 0 Å². The standard InChI is InChI=1S/C25H27N/c1-18-15-21-7-4-5-10-24(21)25(16-18)22-9-6-8-20(17-22)19-11-13-23(14-12-19)26(2)3/h4-14,17-18,25H,15-16H2,1-3H3/t18-,25+/m1/s1. The van der Waals surface area contributed by atoms with Gasteiger partial charge in [-0.1, -0.05) is 67.6 Å². The van der Waals surface area contributed by atoms with Crippen molar-refractivity contribution in [1.82, 2.24) is 0 Å². The van der Waals surface area contributed by atoms with Gasteiger partial charge in [0.25, 0.3) is 0 Å². The molecule has 0 radical (unpaired) electrons. The number of anilines is 1. The van der Waals surface area contributed by atoms with Gasteiger partial charge in [-0.15, -0.1) is 0 Å². The minimum atomic E-state index is 0.510. The monoisotopic (exact) mass is 341 g/mol. The van der Waals surface area contributed by atoms with Crippen molar-refractivity contribution in [3.05, 3.63) is 89.5 Å². The van der Waals surface area contributed by atoms with Crippen LogP contribution in [0.2, 0.25) is 0 Å². The number of nitrogens with zero attached hydrogens (tertiary/aromatic N) is 1. The number of hydrogen-bond donors (Lipinski definition) is 0. The van der Waals surface area contributed by atoms with Crippen LogP contribution in [0.25, 0.3) is 11.1 Å². The molecule has 3 aromatic carbocycles. The summed E-state index contributed by atoms with van der Waals surface area (Å²) in [5.74, 6) is 1.24. The molecule has 1 aliphatic rings. The lowest BCUT2D eigenvalue weighted by Crippen LogP contribution is -2.17. The van der Waals surface area contributed by atoms with Crippen molar-refractivity contribution in [2.75, 3.05) is 19.0 Å². The van der Waals surface area contributed by atoms with Crippen molar-refractivity contribution in [2.45, 2.75) is 25.7 Å². The van der Waals surface area contributed by atoms with Crippen LogP contribution in [-0.4, -0.2) is 14.1 Å². The maximum atomic E-state index is 2.39. The predicted octanol–water partition coefficient (Wildman–Crippen LogP) is 6.13. The van der Waals surface area contributed by atoms with Gasteiger partial charge in [-0.05, 0) is 58.7 Å². The predicted molar refractivity (Wildman–Crippen MR) is 112 cm³/mol. The molecule has 0 saturated heterocycles. The van der Waals surface area contributed by atoms with Crippen molar-refractivity contribution < 1.29 is 0 Å². The molecule has 0 amide bonds. The zero-order valence-corrected chi connectivity index (χ0v) is 15.9. The second-order valence-electron chi connectivity index (χ2n) is 7.86. The van der Waals surface area contributed by atoms with Gasteiger partial charge in [0.1, 0.15) is 0 Å². The van der Waals surface area contributed by atoms with E-state index in [1.165, 1.54) is 46.3 Å². The lowest BCUT2D eigenvalue weighted by Gasteiger charge is -2.30. The van der Waals surface area contributed by atoms with Crippen LogP contribution < -0.4 is 4.90 Å². The van der Waals surface area contributed by atoms with E-state index in [9.17, 15) is 0 Å². The Morgan fingerprint density at radius 1 is 0.808 bits per heavy atom.